The largest absolute Gasteiger partial charge is 0.575 e. The molecule has 1 N–H and O–H groups in total. The summed E-state index contributed by atoms with van der Waals surface area (Å²) in [7, 11) is -0.861. The van der Waals surface area contributed by atoms with Crippen molar-refractivity contribution in [3.05, 3.63) is 24.3 Å². The first-order valence-corrected chi connectivity index (χ1v) is 5.89. The highest BCUT2D eigenvalue weighted by molar-refractivity contribution is 7.34. The van der Waals surface area contributed by atoms with Crippen molar-refractivity contribution in [2.45, 2.75) is 13.0 Å². The van der Waals surface area contributed by atoms with Gasteiger partial charge in [-0.25, -0.2) is 4.79 Å². The molecule has 7 heteroatoms. The lowest BCUT2D eigenvalue weighted by atomic mass is 10.3. The molecule has 0 bridgehead atoms. The van der Waals surface area contributed by atoms with Gasteiger partial charge >= 0.3 is 14.1 Å². The van der Waals surface area contributed by atoms with Gasteiger partial charge in [-0.05, 0) is 31.2 Å². The maximum Gasteiger partial charge on any atom is 0.395 e. The van der Waals surface area contributed by atoms with E-state index in [4.69, 9.17) is 14.4 Å². The van der Waals surface area contributed by atoms with Crippen LogP contribution >= 0.6 is 8.17 Å². The van der Waals surface area contributed by atoms with E-state index < -0.39 is 20.2 Å². The Morgan fingerprint density at radius 2 is 1.94 bits per heavy atom. The van der Waals surface area contributed by atoms with E-state index in [1.165, 1.54) is 14.0 Å². The first kappa shape index (κ1) is 13.4. The van der Waals surface area contributed by atoms with Crippen LogP contribution in [0.15, 0.2) is 29.0 Å². The van der Waals surface area contributed by atoms with Gasteiger partial charge in [-0.2, -0.15) is 0 Å². The zero-order chi connectivity index (χ0) is 12.8. The minimum absolute atomic E-state index is 0.341. The Morgan fingerprint density at radius 3 is 2.41 bits per heavy atom. The molecule has 0 aromatic heterocycles. The zero-order valence-electron chi connectivity index (χ0n) is 9.36. The number of aliphatic carboxylic acids is 1. The number of carboxylic acids is 1. The molecule has 0 aliphatic heterocycles. The number of benzene rings is 1. The highest BCUT2D eigenvalue weighted by atomic mass is 31.1. The van der Waals surface area contributed by atoms with Gasteiger partial charge in [0.05, 0.1) is 7.11 Å². The smallest absolute Gasteiger partial charge is 0.395 e. The van der Waals surface area contributed by atoms with Crippen molar-refractivity contribution in [1.29, 1.82) is 0 Å². The molecule has 0 aliphatic rings. The van der Waals surface area contributed by atoms with Crippen LogP contribution in [0.3, 0.4) is 0 Å². The fourth-order valence-corrected chi connectivity index (χ4v) is 1.67. The number of carbonyl (C=O) groups is 1. The van der Waals surface area contributed by atoms with E-state index in [0.717, 1.165) is 0 Å². The second-order valence-electron chi connectivity index (χ2n) is 3.13. The Bertz CT molecular complexity index is 417. The molecule has 0 fully saturated rings. The predicted molar refractivity (Wildman–Crippen MR) is 60.1 cm³/mol. The fraction of sp³-hybridized carbons (Fsp3) is 0.300. The van der Waals surface area contributed by atoms with Gasteiger partial charge in [0, 0.05) is 0 Å². The van der Waals surface area contributed by atoms with Gasteiger partial charge < -0.3 is 14.7 Å². The average Bonchev–Trinajstić information content (AvgIpc) is 2.29. The van der Waals surface area contributed by atoms with Crippen molar-refractivity contribution in [1.82, 2.24) is 0 Å². The summed E-state index contributed by atoms with van der Waals surface area (Å²) in [5.74, 6) is -0.164. The lowest BCUT2D eigenvalue weighted by Gasteiger charge is -2.01. The van der Waals surface area contributed by atoms with Crippen LogP contribution in [0.4, 0.5) is 0 Å². The molecule has 2 atom stereocenters. The molecule has 0 aliphatic carbocycles. The predicted octanol–water partition coefficient (Wildman–Crippen LogP) is 1.40. The number of nitrogens with zero attached hydrogens (tertiary/aromatic N) is 1. The quantitative estimate of drug-likeness (QED) is 0.805. The topological polar surface area (TPSA) is 91.2 Å². The molecular weight excluding hydrogens is 245 g/mol. The molecule has 92 valence electrons. The summed E-state index contributed by atoms with van der Waals surface area (Å²) in [4.78, 5) is 21.8. The van der Waals surface area contributed by atoms with Crippen LogP contribution < -0.4 is 14.2 Å². The van der Waals surface area contributed by atoms with Crippen LogP contribution in [0, 0.1) is 0 Å². The minimum Gasteiger partial charge on any atom is -0.575 e. The molecule has 6 nitrogen and oxygen atoms in total. The molecule has 1 aromatic rings. The Labute approximate surface area is 99.4 Å². The summed E-state index contributed by atoms with van der Waals surface area (Å²) in [5.41, 5.74) is 0. The molecule has 1 unspecified atom stereocenters. The van der Waals surface area contributed by atoms with E-state index in [1.54, 1.807) is 24.3 Å². The molecule has 0 amide bonds. The molecule has 0 saturated heterocycles. The maximum atomic E-state index is 11.3. The Balaban J connectivity index is 2.67. The Kier molecular flexibility index (Phi) is 4.87. The molecule has 0 radical (unpaired) electrons. The summed E-state index contributed by atoms with van der Waals surface area (Å²) in [6, 6.07) is 5.34. The van der Waals surface area contributed by atoms with Crippen molar-refractivity contribution >= 4 is 14.1 Å². The van der Waals surface area contributed by atoms with Gasteiger partial charge in [0.25, 0.3) is 0 Å². The van der Waals surface area contributed by atoms with Crippen LogP contribution in [0.5, 0.6) is 11.5 Å². The number of carboxylic acid groups (broad SMARTS) is 1. The fourth-order valence-electron chi connectivity index (χ4n) is 0.941. The van der Waals surface area contributed by atoms with Crippen LogP contribution in [-0.2, 0) is 4.79 Å². The van der Waals surface area contributed by atoms with E-state index in [2.05, 4.69) is 4.74 Å². The Morgan fingerprint density at radius 1 is 1.41 bits per heavy atom. The van der Waals surface area contributed by atoms with Crippen LogP contribution in [0.1, 0.15) is 6.92 Å². The minimum atomic E-state index is -2.39. The van der Waals surface area contributed by atoms with Gasteiger partial charge in [-0.3, -0.25) is 4.52 Å². The van der Waals surface area contributed by atoms with Crippen molar-refractivity contribution < 1.29 is 24.1 Å². The number of methoxy groups -OCH3 is 1. The van der Waals surface area contributed by atoms with Crippen LogP contribution in [0.2, 0.25) is 0 Å². The van der Waals surface area contributed by atoms with Crippen molar-refractivity contribution in [2.24, 2.45) is 4.74 Å². The molecule has 0 saturated carbocycles. The van der Waals surface area contributed by atoms with E-state index >= 15 is 0 Å². The summed E-state index contributed by atoms with van der Waals surface area (Å²) < 4.78 is 13.4. The molecule has 1 aromatic carbocycles. The van der Waals surface area contributed by atoms with Gasteiger partial charge in [-0.15, -0.1) is 0 Å². The molecule has 0 heterocycles. The normalized spacial score (nSPS) is 13.0. The Hall–Kier alpha value is -1.65. The van der Waals surface area contributed by atoms with Crippen LogP contribution in [0.25, 0.3) is 0 Å². The van der Waals surface area contributed by atoms with Crippen molar-refractivity contribution in [3.8, 4) is 11.5 Å². The number of hydrogen-bond donors (Lipinski definition) is 1. The highest BCUT2D eigenvalue weighted by Crippen LogP contribution is 2.25. The van der Waals surface area contributed by atoms with Gasteiger partial charge in [0.2, 0.25) is 0 Å². The van der Waals surface area contributed by atoms with Crippen molar-refractivity contribution in [2.75, 3.05) is 7.11 Å². The van der Waals surface area contributed by atoms with Crippen molar-refractivity contribution in [3.63, 3.8) is 0 Å². The lowest BCUT2D eigenvalue weighted by Crippen LogP contribution is -2.13. The lowest BCUT2D eigenvalue weighted by molar-refractivity contribution is -0.169. The molecule has 0 spiro atoms. The van der Waals surface area contributed by atoms with E-state index in [-0.39, 0.29) is 0 Å². The third kappa shape index (κ3) is 4.38. The summed E-state index contributed by atoms with van der Waals surface area (Å²) >= 11 is 0. The second kappa shape index (κ2) is 6.18. The average molecular weight is 257 g/mol. The van der Waals surface area contributed by atoms with E-state index in [9.17, 15) is 9.69 Å². The summed E-state index contributed by atoms with van der Waals surface area (Å²) in [6.45, 7) is 1.33. The monoisotopic (exact) mass is 257 g/mol. The third-order valence-electron chi connectivity index (χ3n) is 1.87. The van der Waals surface area contributed by atoms with E-state index in [0.29, 0.717) is 11.5 Å². The zero-order valence-corrected chi connectivity index (χ0v) is 10.3. The molecule has 17 heavy (non-hydrogen) atoms. The third-order valence-corrected chi connectivity index (χ3v) is 2.77. The van der Waals surface area contributed by atoms with Gasteiger partial charge in [-0.1, -0.05) is 4.74 Å². The first-order chi connectivity index (χ1) is 8.02. The van der Waals surface area contributed by atoms with Gasteiger partial charge in [0.1, 0.15) is 5.75 Å². The molecular formula is C10H12NO5P. The SMILES string of the molecule is COc1ccc(O[P+]([O-])=N[C@@H](C)C(=O)O)cc1. The maximum absolute atomic E-state index is 11.3. The first-order valence-electron chi connectivity index (χ1n) is 4.75. The number of hydrogen-bond acceptors (Lipinski definition) is 5. The van der Waals surface area contributed by atoms with Gasteiger partial charge in [0.15, 0.2) is 11.8 Å². The summed E-state index contributed by atoms with van der Waals surface area (Å²) in [5, 5.41) is 8.57. The number of rotatable bonds is 5. The second-order valence-corrected chi connectivity index (χ2v) is 4.02. The standard InChI is InChI=1S/C10H12NO5P/c1-7(10(12)13)11-17(14)16-9-5-3-8(15-2)4-6-9/h3-7H,1-2H3,(H,12,13)/t7-/m0/s1. The van der Waals surface area contributed by atoms with E-state index in [1.807, 2.05) is 0 Å². The van der Waals surface area contributed by atoms with Crippen LogP contribution in [-0.4, -0.2) is 24.2 Å². The molecule has 1 rings (SSSR count). The number of ether oxygens (including phenoxy) is 1. The highest BCUT2D eigenvalue weighted by Gasteiger charge is 2.15. The summed E-state index contributed by atoms with van der Waals surface area (Å²) in [6.07, 6.45) is 0.